The summed E-state index contributed by atoms with van der Waals surface area (Å²) in [5, 5.41) is 3.60. The molecule has 0 amide bonds. The van der Waals surface area contributed by atoms with Crippen LogP contribution in [-0.4, -0.2) is 39.3 Å². The molecule has 0 radical (unpaired) electrons. The molecule has 1 unspecified atom stereocenters. The highest BCUT2D eigenvalue weighted by Crippen LogP contribution is 2.30. The minimum Gasteiger partial charge on any atom is -0.467 e. The molecule has 7 nitrogen and oxygen atoms in total. The molecule has 3 aromatic rings. The van der Waals surface area contributed by atoms with Gasteiger partial charge in [0.05, 0.1) is 19.4 Å². The maximum absolute atomic E-state index is 12.9. The average Bonchev–Trinajstić information content (AvgIpc) is 3.23. The van der Waals surface area contributed by atoms with E-state index in [2.05, 4.69) is 15.1 Å². The lowest BCUT2D eigenvalue weighted by molar-refractivity contribution is -0.144. The number of hydrogen-bond donors (Lipinski definition) is 0. The monoisotopic (exact) mass is 353 g/mol. The molecule has 1 atom stereocenters. The zero-order chi connectivity index (χ0) is 17.6. The molecular formula is C15H14F3N5O2. The van der Waals surface area contributed by atoms with Crippen LogP contribution in [0.1, 0.15) is 23.4 Å². The number of aryl methyl sites for hydroxylation is 1. The number of furan rings is 1. The SMILES string of the molecule is Cc1cc(N2CCOC(c3ccco3)C2)n2nc(C(F)(F)F)nc2n1. The fourth-order valence-corrected chi connectivity index (χ4v) is 2.82. The van der Waals surface area contributed by atoms with Crippen LogP contribution in [0.2, 0.25) is 0 Å². The quantitative estimate of drug-likeness (QED) is 0.705. The Morgan fingerprint density at radius 3 is 2.84 bits per heavy atom. The number of fused-ring (bicyclic) bond motifs is 1. The molecule has 0 aromatic carbocycles. The van der Waals surface area contributed by atoms with Crippen LogP contribution in [0, 0.1) is 6.92 Å². The Hall–Kier alpha value is -2.62. The molecule has 132 valence electrons. The number of anilines is 1. The number of morpholine rings is 1. The van der Waals surface area contributed by atoms with Crippen LogP contribution in [0.5, 0.6) is 0 Å². The fraction of sp³-hybridized carbons (Fsp3) is 0.400. The first kappa shape index (κ1) is 15.9. The number of ether oxygens (including phenoxy) is 1. The molecule has 1 saturated heterocycles. The molecule has 0 aliphatic carbocycles. The molecule has 1 aliphatic heterocycles. The second-order valence-electron chi connectivity index (χ2n) is 5.72. The van der Waals surface area contributed by atoms with Gasteiger partial charge in [0.15, 0.2) is 0 Å². The van der Waals surface area contributed by atoms with Crippen LogP contribution >= 0.6 is 0 Å². The second kappa shape index (κ2) is 5.73. The highest BCUT2D eigenvalue weighted by molar-refractivity contribution is 5.48. The van der Waals surface area contributed by atoms with Crippen molar-refractivity contribution in [2.45, 2.75) is 19.2 Å². The van der Waals surface area contributed by atoms with E-state index in [0.29, 0.717) is 37.0 Å². The van der Waals surface area contributed by atoms with E-state index >= 15 is 0 Å². The summed E-state index contributed by atoms with van der Waals surface area (Å²) in [6.07, 6.45) is -3.38. The second-order valence-corrected chi connectivity index (χ2v) is 5.72. The Bertz CT molecular complexity index is 891. The lowest BCUT2D eigenvalue weighted by atomic mass is 10.2. The van der Waals surface area contributed by atoms with E-state index in [9.17, 15) is 13.2 Å². The molecule has 0 bridgehead atoms. The first-order chi connectivity index (χ1) is 11.9. The highest BCUT2D eigenvalue weighted by Gasteiger charge is 2.37. The van der Waals surface area contributed by atoms with Crippen molar-refractivity contribution in [3.63, 3.8) is 0 Å². The summed E-state index contributed by atoms with van der Waals surface area (Å²) in [5.41, 5.74) is 0.560. The van der Waals surface area contributed by atoms with Gasteiger partial charge < -0.3 is 14.1 Å². The normalized spacial score (nSPS) is 18.9. The summed E-state index contributed by atoms with van der Waals surface area (Å²) in [7, 11) is 0. The molecule has 25 heavy (non-hydrogen) atoms. The Balaban J connectivity index is 1.73. The van der Waals surface area contributed by atoms with Gasteiger partial charge in [-0.05, 0) is 19.1 Å². The van der Waals surface area contributed by atoms with Gasteiger partial charge in [-0.25, -0.2) is 4.98 Å². The first-order valence-corrected chi connectivity index (χ1v) is 7.63. The third-order valence-corrected chi connectivity index (χ3v) is 3.93. The van der Waals surface area contributed by atoms with Crippen molar-refractivity contribution in [3.8, 4) is 0 Å². The molecule has 0 N–H and O–H groups in total. The van der Waals surface area contributed by atoms with E-state index in [0.717, 1.165) is 4.52 Å². The maximum atomic E-state index is 12.9. The van der Waals surface area contributed by atoms with E-state index < -0.39 is 12.0 Å². The molecule has 1 aliphatic rings. The van der Waals surface area contributed by atoms with Crippen LogP contribution in [0.15, 0.2) is 28.9 Å². The van der Waals surface area contributed by atoms with Gasteiger partial charge in [0.1, 0.15) is 17.7 Å². The minimum absolute atomic E-state index is 0.0802. The summed E-state index contributed by atoms with van der Waals surface area (Å²) < 4.78 is 51.0. The molecule has 3 aromatic heterocycles. The molecule has 10 heteroatoms. The number of halogens is 3. The predicted octanol–water partition coefficient (Wildman–Crippen LogP) is 2.62. The van der Waals surface area contributed by atoms with Crippen molar-refractivity contribution < 1.29 is 22.3 Å². The number of alkyl halides is 3. The molecule has 1 fully saturated rings. The van der Waals surface area contributed by atoms with Crippen LogP contribution in [0.25, 0.3) is 5.78 Å². The van der Waals surface area contributed by atoms with Gasteiger partial charge in [0.25, 0.3) is 11.6 Å². The van der Waals surface area contributed by atoms with Crippen molar-refractivity contribution >= 4 is 11.6 Å². The minimum atomic E-state index is -4.62. The lowest BCUT2D eigenvalue weighted by Crippen LogP contribution is -2.39. The van der Waals surface area contributed by atoms with E-state index in [1.165, 1.54) is 0 Å². The van der Waals surface area contributed by atoms with Gasteiger partial charge in [-0.1, -0.05) is 0 Å². The molecule has 0 spiro atoms. The van der Waals surface area contributed by atoms with Crippen molar-refractivity contribution in [2.24, 2.45) is 0 Å². The van der Waals surface area contributed by atoms with Crippen molar-refractivity contribution in [2.75, 3.05) is 24.6 Å². The summed E-state index contributed by atoms with van der Waals surface area (Å²) in [4.78, 5) is 9.45. The summed E-state index contributed by atoms with van der Waals surface area (Å²) in [5.74, 6) is -0.127. The van der Waals surface area contributed by atoms with Gasteiger partial charge in [0, 0.05) is 18.3 Å². The Kier molecular flexibility index (Phi) is 3.64. The predicted molar refractivity (Wildman–Crippen MR) is 80.1 cm³/mol. The van der Waals surface area contributed by atoms with Gasteiger partial charge in [0.2, 0.25) is 0 Å². The van der Waals surface area contributed by atoms with Gasteiger partial charge in [-0.15, -0.1) is 5.10 Å². The zero-order valence-corrected chi connectivity index (χ0v) is 13.2. The van der Waals surface area contributed by atoms with Gasteiger partial charge >= 0.3 is 6.18 Å². The number of hydrogen-bond acceptors (Lipinski definition) is 6. The van der Waals surface area contributed by atoms with Gasteiger partial charge in [-0.2, -0.15) is 22.7 Å². The standard InChI is InChI=1S/C15H14F3N5O2/c1-9-7-12(23-14(19-9)20-13(21-23)15(16,17)18)22-4-6-25-11(8-22)10-3-2-5-24-10/h2-3,5,7,11H,4,6,8H2,1H3. The summed E-state index contributed by atoms with van der Waals surface area (Å²) in [6, 6.07) is 5.25. The third-order valence-electron chi connectivity index (χ3n) is 3.93. The summed E-state index contributed by atoms with van der Waals surface area (Å²) in [6.45, 7) is 3.05. The molecule has 4 heterocycles. The molecule has 4 rings (SSSR count). The van der Waals surface area contributed by atoms with Crippen molar-refractivity contribution in [3.05, 3.63) is 41.7 Å². The van der Waals surface area contributed by atoms with Crippen LogP contribution < -0.4 is 4.90 Å². The topological polar surface area (TPSA) is 68.7 Å². The Labute approximate surface area is 140 Å². The van der Waals surface area contributed by atoms with E-state index in [4.69, 9.17) is 9.15 Å². The lowest BCUT2D eigenvalue weighted by Gasteiger charge is -2.33. The number of aromatic nitrogens is 4. The smallest absolute Gasteiger partial charge is 0.453 e. The number of rotatable bonds is 2. The number of nitrogens with zero attached hydrogens (tertiary/aromatic N) is 5. The highest BCUT2D eigenvalue weighted by atomic mass is 19.4. The van der Waals surface area contributed by atoms with Crippen LogP contribution in [-0.2, 0) is 10.9 Å². The van der Waals surface area contributed by atoms with E-state index in [1.54, 1.807) is 31.4 Å². The average molecular weight is 353 g/mol. The molecule has 0 saturated carbocycles. The van der Waals surface area contributed by atoms with E-state index in [1.807, 2.05) is 4.90 Å². The third kappa shape index (κ3) is 2.93. The summed E-state index contributed by atoms with van der Waals surface area (Å²) >= 11 is 0. The van der Waals surface area contributed by atoms with Crippen LogP contribution in [0.4, 0.5) is 19.0 Å². The Morgan fingerprint density at radius 1 is 1.28 bits per heavy atom. The largest absolute Gasteiger partial charge is 0.467 e. The fourth-order valence-electron chi connectivity index (χ4n) is 2.82. The van der Waals surface area contributed by atoms with Crippen molar-refractivity contribution in [1.82, 2.24) is 19.6 Å². The maximum Gasteiger partial charge on any atom is 0.453 e. The first-order valence-electron chi connectivity index (χ1n) is 7.63. The zero-order valence-electron chi connectivity index (χ0n) is 13.2. The van der Waals surface area contributed by atoms with E-state index in [-0.39, 0.29) is 11.9 Å². The molecular weight excluding hydrogens is 339 g/mol. The Morgan fingerprint density at radius 2 is 2.12 bits per heavy atom. The van der Waals surface area contributed by atoms with Gasteiger partial charge in [-0.3, -0.25) is 0 Å². The van der Waals surface area contributed by atoms with Crippen molar-refractivity contribution in [1.29, 1.82) is 0 Å². The van der Waals surface area contributed by atoms with Crippen LogP contribution in [0.3, 0.4) is 0 Å².